The van der Waals surface area contributed by atoms with Crippen LogP contribution >= 0.6 is 0 Å². The topological polar surface area (TPSA) is 69.5 Å². The van der Waals surface area contributed by atoms with Crippen LogP contribution in [0.25, 0.3) is 10.9 Å². The van der Waals surface area contributed by atoms with E-state index in [9.17, 15) is 10.1 Å². The van der Waals surface area contributed by atoms with Crippen LogP contribution in [0.2, 0.25) is 0 Å². The van der Waals surface area contributed by atoms with E-state index in [1.165, 1.54) is 0 Å². The second-order valence-electron chi connectivity index (χ2n) is 6.67. The first-order valence-corrected chi connectivity index (χ1v) is 8.45. The number of hydrogen-bond acceptors (Lipinski definition) is 3. The Morgan fingerprint density at radius 3 is 2.72 bits per heavy atom. The first-order valence-electron chi connectivity index (χ1n) is 8.45. The maximum absolute atomic E-state index is 12.1. The lowest BCUT2D eigenvalue weighted by Gasteiger charge is -2.22. The van der Waals surface area contributed by atoms with Gasteiger partial charge in [0.25, 0.3) is 5.56 Å². The molecule has 1 N–H and O–H groups in total. The molecule has 3 rings (SSSR count). The normalized spacial score (nSPS) is 13.4. The number of fused-ring (bicyclic) bond motifs is 1. The molecule has 0 spiro atoms. The van der Waals surface area contributed by atoms with E-state index in [0.29, 0.717) is 12.8 Å². The van der Waals surface area contributed by atoms with Gasteiger partial charge in [-0.05, 0) is 55.5 Å². The van der Waals surface area contributed by atoms with E-state index >= 15 is 0 Å². The Bertz CT molecular complexity index is 1030. The zero-order chi connectivity index (χ0) is 18.0. The Kier molecular flexibility index (Phi) is 4.41. The monoisotopic (exact) mass is 331 g/mol. The van der Waals surface area contributed by atoms with Gasteiger partial charge < -0.3 is 4.98 Å². The van der Waals surface area contributed by atoms with Crippen LogP contribution in [0.4, 0.5) is 0 Å². The Morgan fingerprint density at radius 2 is 2.04 bits per heavy atom. The van der Waals surface area contributed by atoms with Crippen molar-refractivity contribution >= 4 is 10.9 Å². The number of H-pyrrole nitrogens is 1. The zero-order valence-corrected chi connectivity index (χ0v) is 14.8. The van der Waals surface area contributed by atoms with Crippen molar-refractivity contribution in [1.82, 2.24) is 9.97 Å². The van der Waals surface area contributed by atoms with Crippen molar-refractivity contribution in [3.63, 3.8) is 0 Å². The maximum Gasteiger partial charge on any atom is 0.251 e. The van der Waals surface area contributed by atoms with Gasteiger partial charge in [-0.2, -0.15) is 5.26 Å². The molecular weight excluding hydrogens is 310 g/mol. The summed E-state index contributed by atoms with van der Waals surface area (Å²) in [5.41, 5.74) is 3.46. The first kappa shape index (κ1) is 16.9. The van der Waals surface area contributed by atoms with Gasteiger partial charge in [-0.1, -0.05) is 25.1 Å². The summed E-state index contributed by atoms with van der Waals surface area (Å²) in [5.74, 6) is 0. The average molecular weight is 331 g/mol. The van der Waals surface area contributed by atoms with E-state index in [2.05, 4.69) is 16.0 Å². The summed E-state index contributed by atoms with van der Waals surface area (Å²) in [5, 5.41) is 10.8. The Balaban J connectivity index is 2.06. The van der Waals surface area contributed by atoms with Crippen LogP contribution in [0.5, 0.6) is 0 Å². The Hall–Kier alpha value is -2.93. The molecule has 0 bridgehead atoms. The molecule has 0 radical (unpaired) electrons. The molecule has 0 aliphatic heterocycles. The van der Waals surface area contributed by atoms with E-state index in [4.69, 9.17) is 0 Å². The molecule has 0 saturated heterocycles. The molecule has 25 heavy (non-hydrogen) atoms. The molecular formula is C21H21N3O. The number of nitriles is 1. The Labute approximate surface area is 147 Å². The third kappa shape index (κ3) is 3.32. The largest absolute Gasteiger partial charge is 0.322 e. The molecule has 1 unspecified atom stereocenters. The summed E-state index contributed by atoms with van der Waals surface area (Å²) in [6.45, 7) is 5.82. The minimum absolute atomic E-state index is 0.0637. The molecule has 126 valence electrons. The van der Waals surface area contributed by atoms with Crippen molar-refractivity contribution in [2.45, 2.75) is 39.0 Å². The van der Waals surface area contributed by atoms with Gasteiger partial charge in [0.05, 0.1) is 11.5 Å². The predicted octanol–water partition coefficient (Wildman–Crippen LogP) is 3.82. The number of pyridine rings is 2. The number of nitrogens with zero attached hydrogens (tertiary/aromatic N) is 2. The van der Waals surface area contributed by atoms with Crippen LogP contribution in [0.3, 0.4) is 0 Å². The lowest BCUT2D eigenvalue weighted by molar-refractivity contribution is 0.596. The molecule has 0 saturated carbocycles. The van der Waals surface area contributed by atoms with Crippen molar-refractivity contribution in [3.8, 4) is 6.07 Å². The molecule has 4 heteroatoms. The van der Waals surface area contributed by atoms with Gasteiger partial charge in [-0.25, -0.2) is 0 Å². The van der Waals surface area contributed by atoms with Gasteiger partial charge in [0, 0.05) is 28.9 Å². The summed E-state index contributed by atoms with van der Waals surface area (Å²) in [6.07, 6.45) is 1.22. The molecule has 2 aromatic heterocycles. The molecule has 1 aromatic carbocycles. The third-order valence-electron chi connectivity index (χ3n) is 4.67. The summed E-state index contributed by atoms with van der Waals surface area (Å²) in [6, 6.07) is 16.1. The molecule has 2 heterocycles. The van der Waals surface area contributed by atoms with Crippen molar-refractivity contribution in [2.24, 2.45) is 0 Å². The van der Waals surface area contributed by atoms with E-state index in [1.54, 1.807) is 0 Å². The standard InChI is InChI=1S/C21H21N3O/c1-4-15-10-16-8-9-17(11-19(16)24-20(15)25)21(3,13-22)12-18-7-5-6-14(2)23-18/h5-11H,4,12H2,1-3H3,(H,24,25). The van der Waals surface area contributed by atoms with Crippen LogP contribution in [-0.4, -0.2) is 9.97 Å². The quantitative estimate of drug-likeness (QED) is 0.790. The minimum Gasteiger partial charge on any atom is -0.322 e. The van der Waals surface area contributed by atoms with Crippen molar-refractivity contribution < 1.29 is 0 Å². The summed E-state index contributed by atoms with van der Waals surface area (Å²) < 4.78 is 0. The van der Waals surface area contributed by atoms with Crippen LogP contribution in [0, 0.1) is 18.3 Å². The highest BCUT2D eigenvalue weighted by atomic mass is 16.1. The van der Waals surface area contributed by atoms with Gasteiger partial charge >= 0.3 is 0 Å². The molecule has 0 aliphatic carbocycles. The fourth-order valence-corrected chi connectivity index (χ4v) is 3.12. The maximum atomic E-state index is 12.1. The number of hydrogen-bond donors (Lipinski definition) is 1. The summed E-state index contributed by atoms with van der Waals surface area (Å²) >= 11 is 0. The van der Waals surface area contributed by atoms with Crippen molar-refractivity contribution in [3.05, 3.63) is 75.3 Å². The van der Waals surface area contributed by atoms with Crippen LogP contribution < -0.4 is 5.56 Å². The fourth-order valence-electron chi connectivity index (χ4n) is 3.12. The van der Waals surface area contributed by atoms with E-state index in [0.717, 1.165) is 33.4 Å². The highest BCUT2D eigenvalue weighted by molar-refractivity contribution is 5.80. The molecule has 0 amide bonds. The highest BCUT2D eigenvalue weighted by Crippen LogP contribution is 2.29. The first-order chi connectivity index (χ1) is 11.9. The number of aromatic amines is 1. The van der Waals surface area contributed by atoms with Crippen LogP contribution in [0.1, 0.15) is 36.4 Å². The zero-order valence-electron chi connectivity index (χ0n) is 14.8. The number of rotatable bonds is 4. The van der Waals surface area contributed by atoms with Gasteiger partial charge in [-0.15, -0.1) is 0 Å². The number of nitrogens with one attached hydrogen (secondary N) is 1. The number of aromatic nitrogens is 2. The molecule has 4 nitrogen and oxygen atoms in total. The number of benzene rings is 1. The smallest absolute Gasteiger partial charge is 0.251 e. The predicted molar refractivity (Wildman–Crippen MR) is 99.6 cm³/mol. The Morgan fingerprint density at radius 1 is 1.24 bits per heavy atom. The average Bonchev–Trinajstić information content (AvgIpc) is 2.60. The van der Waals surface area contributed by atoms with Gasteiger partial charge in [0.1, 0.15) is 0 Å². The number of aryl methyl sites for hydroxylation is 2. The third-order valence-corrected chi connectivity index (χ3v) is 4.67. The second kappa shape index (κ2) is 6.52. The molecule has 0 fully saturated rings. The van der Waals surface area contributed by atoms with E-state index in [-0.39, 0.29) is 5.56 Å². The second-order valence-corrected chi connectivity index (χ2v) is 6.67. The SMILES string of the molecule is CCc1cc2ccc(C(C)(C#N)Cc3cccc(C)n3)cc2[nH]c1=O. The lowest BCUT2D eigenvalue weighted by atomic mass is 9.79. The fraction of sp³-hybridized carbons (Fsp3) is 0.286. The summed E-state index contributed by atoms with van der Waals surface area (Å²) in [7, 11) is 0. The van der Waals surface area contributed by atoms with Gasteiger partial charge in [0.2, 0.25) is 0 Å². The molecule has 1 atom stereocenters. The van der Waals surface area contributed by atoms with Gasteiger partial charge in [-0.3, -0.25) is 9.78 Å². The van der Waals surface area contributed by atoms with E-state index < -0.39 is 5.41 Å². The lowest BCUT2D eigenvalue weighted by Crippen LogP contribution is -2.23. The molecule has 3 aromatic rings. The van der Waals surface area contributed by atoms with E-state index in [1.807, 2.05) is 63.2 Å². The van der Waals surface area contributed by atoms with Crippen LogP contribution in [0.15, 0.2) is 47.3 Å². The molecule has 0 aliphatic rings. The van der Waals surface area contributed by atoms with Gasteiger partial charge in [0.15, 0.2) is 0 Å². The summed E-state index contributed by atoms with van der Waals surface area (Å²) in [4.78, 5) is 19.6. The van der Waals surface area contributed by atoms with Crippen LogP contribution in [-0.2, 0) is 18.3 Å². The minimum atomic E-state index is -0.713. The van der Waals surface area contributed by atoms with Crippen molar-refractivity contribution in [2.75, 3.05) is 0 Å². The van der Waals surface area contributed by atoms with Crippen molar-refractivity contribution in [1.29, 1.82) is 5.26 Å². The highest BCUT2D eigenvalue weighted by Gasteiger charge is 2.28.